The predicted octanol–water partition coefficient (Wildman–Crippen LogP) is 7.22. The van der Waals surface area contributed by atoms with E-state index in [1.54, 1.807) is 50.1 Å². The molecule has 4 aromatic rings. The van der Waals surface area contributed by atoms with Crippen LogP contribution in [-0.2, 0) is 6.54 Å². The standard InChI is InChI=1S/C27H26ClFN2O3S/c1-4-33-27-25(29)26(20-6-5-7-21(16-20)32-2)30-31(27)14-15-34-24-13-10-19(17-23(24)28)18-8-11-22(35-3)12-9-18/h5-13,16-17H,4,14-15H2,1-3H3. The summed E-state index contributed by atoms with van der Waals surface area (Å²) in [6.45, 7) is 2.63. The molecule has 8 heteroatoms. The zero-order chi connectivity index (χ0) is 24.8. The van der Waals surface area contributed by atoms with Gasteiger partial charge in [-0.25, -0.2) is 4.68 Å². The summed E-state index contributed by atoms with van der Waals surface area (Å²) in [5, 5.41) is 4.95. The number of ether oxygens (including phenoxy) is 3. The Kier molecular flexibility index (Phi) is 8.21. The fourth-order valence-corrected chi connectivity index (χ4v) is 4.27. The van der Waals surface area contributed by atoms with Crippen molar-refractivity contribution in [3.8, 4) is 39.8 Å². The lowest BCUT2D eigenvalue weighted by Crippen LogP contribution is -2.12. The summed E-state index contributed by atoms with van der Waals surface area (Å²) in [5.74, 6) is 0.727. The predicted molar refractivity (Wildman–Crippen MR) is 140 cm³/mol. The minimum absolute atomic E-state index is 0.0732. The van der Waals surface area contributed by atoms with E-state index in [4.69, 9.17) is 25.8 Å². The minimum Gasteiger partial charge on any atom is -0.497 e. The van der Waals surface area contributed by atoms with Crippen LogP contribution in [0.2, 0.25) is 5.02 Å². The van der Waals surface area contributed by atoms with Crippen LogP contribution in [0, 0.1) is 5.82 Å². The van der Waals surface area contributed by atoms with Gasteiger partial charge in [0.1, 0.15) is 23.8 Å². The van der Waals surface area contributed by atoms with Crippen LogP contribution in [0.1, 0.15) is 6.92 Å². The molecule has 35 heavy (non-hydrogen) atoms. The summed E-state index contributed by atoms with van der Waals surface area (Å²) in [6.07, 6.45) is 2.05. The van der Waals surface area contributed by atoms with Crippen LogP contribution in [0.25, 0.3) is 22.4 Å². The Bertz CT molecular complexity index is 1290. The van der Waals surface area contributed by atoms with Gasteiger partial charge in [0.05, 0.1) is 25.3 Å². The van der Waals surface area contributed by atoms with Gasteiger partial charge in [0.25, 0.3) is 0 Å². The summed E-state index contributed by atoms with van der Waals surface area (Å²) in [4.78, 5) is 1.20. The van der Waals surface area contributed by atoms with E-state index in [0.717, 1.165) is 11.1 Å². The third-order valence-corrected chi connectivity index (χ3v) is 6.43. The maximum absolute atomic E-state index is 15.2. The van der Waals surface area contributed by atoms with Crippen molar-refractivity contribution in [1.82, 2.24) is 9.78 Å². The average Bonchev–Trinajstić information content (AvgIpc) is 3.20. The number of halogens is 2. The second-order valence-electron chi connectivity index (χ2n) is 7.58. The lowest BCUT2D eigenvalue weighted by atomic mass is 10.1. The first-order valence-corrected chi connectivity index (χ1v) is 12.7. The van der Waals surface area contributed by atoms with Gasteiger partial charge in [-0.15, -0.1) is 11.8 Å². The van der Waals surface area contributed by atoms with Crippen LogP contribution < -0.4 is 14.2 Å². The van der Waals surface area contributed by atoms with E-state index in [2.05, 4.69) is 29.4 Å². The summed E-state index contributed by atoms with van der Waals surface area (Å²) in [7, 11) is 1.57. The van der Waals surface area contributed by atoms with Gasteiger partial charge < -0.3 is 14.2 Å². The molecule has 0 radical (unpaired) electrons. The van der Waals surface area contributed by atoms with Crippen molar-refractivity contribution in [2.75, 3.05) is 26.6 Å². The highest BCUT2D eigenvalue weighted by Gasteiger charge is 2.21. The number of methoxy groups -OCH3 is 1. The monoisotopic (exact) mass is 512 g/mol. The summed E-state index contributed by atoms with van der Waals surface area (Å²) in [5.41, 5.74) is 2.88. The number of thioether (sulfide) groups is 1. The maximum atomic E-state index is 15.2. The van der Waals surface area contributed by atoms with Crippen LogP contribution in [0.3, 0.4) is 0 Å². The molecule has 0 unspecified atom stereocenters. The average molecular weight is 513 g/mol. The number of nitrogens with zero attached hydrogens (tertiary/aromatic N) is 2. The molecule has 0 atom stereocenters. The number of rotatable bonds is 10. The number of hydrogen-bond donors (Lipinski definition) is 0. The normalized spacial score (nSPS) is 10.9. The molecule has 0 fully saturated rings. The maximum Gasteiger partial charge on any atom is 0.249 e. The molecule has 182 valence electrons. The summed E-state index contributed by atoms with van der Waals surface area (Å²) < 4.78 is 33.3. The molecule has 0 N–H and O–H groups in total. The fourth-order valence-electron chi connectivity index (χ4n) is 3.63. The smallest absolute Gasteiger partial charge is 0.249 e. The molecule has 0 saturated carbocycles. The Morgan fingerprint density at radius 3 is 2.43 bits per heavy atom. The molecule has 0 spiro atoms. The van der Waals surface area contributed by atoms with Gasteiger partial charge in [-0.3, -0.25) is 0 Å². The van der Waals surface area contributed by atoms with Gasteiger partial charge in [0, 0.05) is 10.5 Å². The molecule has 0 aliphatic rings. The molecular formula is C27H26ClFN2O3S. The highest BCUT2D eigenvalue weighted by atomic mass is 35.5. The number of benzene rings is 3. The molecule has 0 amide bonds. The van der Waals surface area contributed by atoms with Crippen molar-refractivity contribution in [3.05, 3.63) is 77.6 Å². The van der Waals surface area contributed by atoms with Crippen molar-refractivity contribution in [2.24, 2.45) is 0 Å². The van der Waals surface area contributed by atoms with Crippen LogP contribution >= 0.6 is 23.4 Å². The SMILES string of the molecule is CCOc1c(F)c(-c2cccc(OC)c2)nn1CCOc1ccc(-c2ccc(SC)cc2)cc1Cl. The molecule has 0 bridgehead atoms. The van der Waals surface area contributed by atoms with E-state index in [1.165, 1.54) is 9.58 Å². The van der Waals surface area contributed by atoms with Crippen molar-refractivity contribution >= 4 is 23.4 Å². The van der Waals surface area contributed by atoms with Gasteiger partial charge in [-0.2, -0.15) is 9.49 Å². The van der Waals surface area contributed by atoms with E-state index in [0.29, 0.717) is 28.7 Å². The number of aromatic nitrogens is 2. The first-order chi connectivity index (χ1) is 17.0. The fraction of sp³-hybridized carbons (Fsp3) is 0.222. The van der Waals surface area contributed by atoms with Crippen molar-refractivity contribution in [1.29, 1.82) is 0 Å². The zero-order valence-corrected chi connectivity index (χ0v) is 21.3. The summed E-state index contributed by atoms with van der Waals surface area (Å²) in [6, 6.07) is 21.1. The third kappa shape index (κ3) is 5.74. The highest BCUT2D eigenvalue weighted by Crippen LogP contribution is 2.33. The van der Waals surface area contributed by atoms with E-state index in [1.807, 2.05) is 24.5 Å². The second-order valence-corrected chi connectivity index (χ2v) is 8.86. The second kappa shape index (κ2) is 11.5. The lowest BCUT2D eigenvalue weighted by Gasteiger charge is -2.11. The van der Waals surface area contributed by atoms with Crippen LogP contribution in [-0.4, -0.2) is 36.4 Å². The van der Waals surface area contributed by atoms with Crippen LogP contribution in [0.4, 0.5) is 4.39 Å². The van der Waals surface area contributed by atoms with Crippen molar-refractivity contribution in [3.63, 3.8) is 0 Å². The van der Waals surface area contributed by atoms with Crippen LogP contribution in [0.15, 0.2) is 71.6 Å². The molecule has 3 aromatic carbocycles. The Morgan fingerprint density at radius 2 is 1.74 bits per heavy atom. The molecule has 1 heterocycles. The first kappa shape index (κ1) is 24.9. The van der Waals surface area contributed by atoms with E-state index >= 15 is 4.39 Å². The molecule has 4 rings (SSSR count). The molecule has 0 saturated heterocycles. The van der Waals surface area contributed by atoms with E-state index < -0.39 is 5.82 Å². The Hall–Kier alpha value is -3.16. The largest absolute Gasteiger partial charge is 0.497 e. The zero-order valence-electron chi connectivity index (χ0n) is 19.8. The van der Waals surface area contributed by atoms with Gasteiger partial charge in [-0.1, -0.05) is 41.9 Å². The van der Waals surface area contributed by atoms with Gasteiger partial charge in [0.2, 0.25) is 11.7 Å². The highest BCUT2D eigenvalue weighted by molar-refractivity contribution is 7.98. The first-order valence-electron chi connectivity index (χ1n) is 11.1. The Morgan fingerprint density at radius 1 is 0.971 bits per heavy atom. The number of hydrogen-bond acceptors (Lipinski definition) is 5. The Balaban J connectivity index is 1.48. The lowest BCUT2D eigenvalue weighted by molar-refractivity contribution is 0.253. The molecule has 1 aromatic heterocycles. The molecule has 5 nitrogen and oxygen atoms in total. The van der Waals surface area contributed by atoms with E-state index in [9.17, 15) is 0 Å². The van der Waals surface area contributed by atoms with E-state index in [-0.39, 0.29) is 24.7 Å². The van der Waals surface area contributed by atoms with Gasteiger partial charge in [0.15, 0.2) is 0 Å². The van der Waals surface area contributed by atoms with Crippen molar-refractivity contribution < 1.29 is 18.6 Å². The molecular weight excluding hydrogens is 487 g/mol. The van der Waals surface area contributed by atoms with Crippen LogP contribution in [0.5, 0.6) is 17.4 Å². The molecule has 0 aliphatic heterocycles. The van der Waals surface area contributed by atoms with Gasteiger partial charge in [-0.05, 0) is 60.7 Å². The summed E-state index contributed by atoms with van der Waals surface area (Å²) >= 11 is 8.19. The third-order valence-electron chi connectivity index (χ3n) is 5.39. The molecule has 0 aliphatic carbocycles. The minimum atomic E-state index is -0.519. The topological polar surface area (TPSA) is 45.5 Å². The van der Waals surface area contributed by atoms with Crippen molar-refractivity contribution in [2.45, 2.75) is 18.4 Å². The quantitative estimate of drug-likeness (QED) is 0.210. The van der Waals surface area contributed by atoms with Gasteiger partial charge >= 0.3 is 0 Å². The Labute approximate surface area is 213 Å².